The second-order valence-corrected chi connectivity index (χ2v) is 12.5. The molecule has 1 aromatic carbocycles. The Hall–Kier alpha value is -3.83. The summed E-state index contributed by atoms with van der Waals surface area (Å²) in [5.74, 6) is -1.71. The Bertz CT molecular complexity index is 1480. The van der Waals surface area contributed by atoms with Gasteiger partial charge in [0.05, 0.1) is 17.3 Å². The van der Waals surface area contributed by atoms with Crippen LogP contribution in [0.5, 0.6) is 0 Å². The number of hydrazine groups is 1. The van der Waals surface area contributed by atoms with Crippen molar-refractivity contribution < 1.29 is 28.7 Å². The lowest BCUT2D eigenvalue weighted by Crippen LogP contribution is -2.61. The topological polar surface area (TPSA) is 130 Å². The molecule has 44 heavy (non-hydrogen) atoms. The molecule has 5 atom stereocenters. The molecule has 2 N–H and O–H groups in total. The van der Waals surface area contributed by atoms with Crippen molar-refractivity contribution in [3.05, 3.63) is 47.7 Å². The van der Waals surface area contributed by atoms with Crippen molar-refractivity contribution in [3.8, 4) is 0 Å². The molecule has 1 aromatic heterocycles. The van der Waals surface area contributed by atoms with Crippen molar-refractivity contribution in [2.45, 2.75) is 88.6 Å². The van der Waals surface area contributed by atoms with Gasteiger partial charge in [0.15, 0.2) is 11.7 Å². The maximum atomic E-state index is 13.8. The highest BCUT2D eigenvalue weighted by molar-refractivity contribution is 5.92. The molecular formula is C33H41N5O6. The van der Waals surface area contributed by atoms with Crippen LogP contribution < -0.4 is 10.7 Å². The minimum atomic E-state index is -1.32. The number of carbonyl (C=O) groups is 4. The fourth-order valence-electron chi connectivity index (χ4n) is 6.22. The van der Waals surface area contributed by atoms with Crippen LogP contribution in [0, 0.1) is 5.92 Å². The van der Waals surface area contributed by atoms with Crippen LogP contribution in [0.25, 0.3) is 17.0 Å². The number of likely N-dealkylation sites (N-methyl/N-ethyl adjacent to an activating group) is 1. The molecule has 11 nitrogen and oxygen atoms in total. The largest absolute Gasteiger partial charge is 0.450 e. The van der Waals surface area contributed by atoms with Gasteiger partial charge in [0, 0.05) is 31.5 Å². The quantitative estimate of drug-likeness (QED) is 0.476. The Morgan fingerprint density at radius 2 is 1.77 bits per heavy atom. The van der Waals surface area contributed by atoms with E-state index >= 15 is 0 Å². The second-order valence-electron chi connectivity index (χ2n) is 12.5. The number of esters is 1. The minimum Gasteiger partial charge on any atom is -0.450 e. The number of amides is 3. The van der Waals surface area contributed by atoms with E-state index in [1.807, 2.05) is 43.3 Å². The van der Waals surface area contributed by atoms with Crippen LogP contribution in [0.1, 0.15) is 76.1 Å². The van der Waals surface area contributed by atoms with E-state index in [0.717, 1.165) is 47.8 Å². The fourth-order valence-corrected chi connectivity index (χ4v) is 6.22. The highest BCUT2D eigenvalue weighted by Crippen LogP contribution is 2.37. The molecule has 2 saturated heterocycles. The van der Waals surface area contributed by atoms with Crippen LogP contribution in [0.2, 0.25) is 0 Å². The summed E-state index contributed by atoms with van der Waals surface area (Å²) in [6, 6.07) is 7.98. The molecule has 0 radical (unpaired) electrons. The van der Waals surface area contributed by atoms with Crippen LogP contribution in [-0.4, -0.2) is 82.6 Å². The number of rotatable bonds is 1. The van der Waals surface area contributed by atoms with Crippen molar-refractivity contribution in [3.63, 3.8) is 0 Å². The summed E-state index contributed by atoms with van der Waals surface area (Å²) in [5.41, 5.74) is 4.11. The number of cyclic esters (lactones) is 1. The first kappa shape index (κ1) is 30.2. The predicted octanol–water partition coefficient (Wildman–Crippen LogP) is 3.04. The number of hydrogen-bond donors (Lipinski definition) is 2. The number of carbonyl (C=O) groups excluding carboxylic acids is 4. The summed E-state index contributed by atoms with van der Waals surface area (Å²) in [7, 11) is 1.75. The summed E-state index contributed by atoms with van der Waals surface area (Å²) in [6.07, 6.45) is 7.33. The van der Waals surface area contributed by atoms with Gasteiger partial charge in [-0.15, -0.1) is 0 Å². The molecule has 234 valence electrons. The molecule has 4 aliphatic rings. The van der Waals surface area contributed by atoms with E-state index in [-0.39, 0.29) is 23.8 Å². The lowest BCUT2D eigenvalue weighted by Gasteiger charge is -2.37. The fraction of sp³-hybridized carbons (Fsp3) is 0.545. The number of benzene rings is 1. The van der Waals surface area contributed by atoms with Gasteiger partial charge in [-0.25, -0.2) is 10.2 Å². The van der Waals surface area contributed by atoms with Gasteiger partial charge >= 0.3 is 5.97 Å². The van der Waals surface area contributed by atoms with Crippen molar-refractivity contribution in [1.29, 1.82) is 0 Å². The van der Waals surface area contributed by atoms with Gasteiger partial charge in [0.25, 0.3) is 11.8 Å². The van der Waals surface area contributed by atoms with E-state index < -0.39 is 35.7 Å². The Kier molecular flexibility index (Phi) is 8.43. The zero-order valence-electron chi connectivity index (χ0n) is 25.6. The van der Waals surface area contributed by atoms with Gasteiger partial charge in [-0.05, 0) is 82.6 Å². The Morgan fingerprint density at radius 1 is 0.977 bits per heavy atom. The summed E-state index contributed by atoms with van der Waals surface area (Å²) >= 11 is 0. The standard InChI is InChI=1S/C33H41N5O6/c1-20-30(40)38-17-6-7-26(36-38)31(41)37(3)21(2)25-13-12-23-9-8-22(19-27(23)35-25)14-16-33(15-4-5-18-43-33)32(42)44-28(24-10-11-24)29(39)34-20/h8-9,12-14,16,19-21,24,26,28,36H,4-7,10-11,15,17-18H2,1-3H3,(H,34,39)/b16-14-/t20-,21+,26-,28-,33?/m0/s1. The average Bonchev–Trinajstić information content (AvgIpc) is 3.90. The Labute approximate surface area is 257 Å². The van der Waals surface area contributed by atoms with E-state index in [1.54, 1.807) is 24.9 Å². The highest BCUT2D eigenvalue weighted by Gasteiger charge is 2.46. The van der Waals surface area contributed by atoms with Gasteiger partial charge in [-0.2, -0.15) is 0 Å². The molecule has 5 bridgehead atoms. The van der Waals surface area contributed by atoms with Gasteiger partial charge in [0.2, 0.25) is 5.91 Å². The van der Waals surface area contributed by atoms with E-state index in [1.165, 1.54) is 5.01 Å². The van der Waals surface area contributed by atoms with Gasteiger partial charge < -0.3 is 19.7 Å². The number of aromatic nitrogens is 1. The van der Waals surface area contributed by atoms with Crippen molar-refractivity contribution >= 4 is 40.7 Å². The SMILES string of the molecule is C[C@@H]1NC(=O)[C@H](C2CC2)OC(=O)C2(/C=C\c3ccc4ccc(nc4c3)[C@@H](C)N(C)C(=O)[C@@H]3CCCN(N3)C1=O)CCCCO2. The number of fused-ring (bicyclic) bond motifs is 4. The number of ether oxygens (including phenoxy) is 2. The van der Waals surface area contributed by atoms with E-state index in [4.69, 9.17) is 14.5 Å². The molecule has 1 aliphatic carbocycles. The van der Waals surface area contributed by atoms with E-state index in [2.05, 4.69) is 10.7 Å². The zero-order chi connectivity index (χ0) is 31.0. The van der Waals surface area contributed by atoms with Crippen molar-refractivity contribution in [2.75, 3.05) is 20.2 Å². The molecule has 1 spiro atoms. The van der Waals surface area contributed by atoms with Gasteiger partial charge in [0.1, 0.15) is 12.1 Å². The maximum absolute atomic E-state index is 13.8. The summed E-state index contributed by atoms with van der Waals surface area (Å²) in [6.45, 7) is 4.35. The average molecular weight is 604 g/mol. The second kappa shape index (κ2) is 12.3. The lowest BCUT2D eigenvalue weighted by atomic mass is 9.92. The van der Waals surface area contributed by atoms with Crippen LogP contribution in [0.3, 0.4) is 0 Å². The zero-order valence-corrected chi connectivity index (χ0v) is 25.6. The van der Waals surface area contributed by atoms with E-state index in [9.17, 15) is 19.2 Å². The molecule has 3 amide bonds. The number of nitrogens with one attached hydrogen (secondary N) is 2. The van der Waals surface area contributed by atoms with Crippen LogP contribution in [-0.2, 0) is 28.7 Å². The van der Waals surface area contributed by atoms with Gasteiger partial charge in [-0.3, -0.25) is 24.4 Å². The van der Waals surface area contributed by atoms with Crippen molar-refractivity contribution in [2.24, 2.45) is 5.92 Å². The minimum absolute atomic E-state index is 0.110. The Morgan fingerprint density at radius 3 is 2.52 bits per heavy atom. The predicted molar refractivity (Wildman–Crippen MR) is 163 cm³/mol. The molecule has 11 heteroatoms. The molecule has 3 aliphatic heterocycles. The molecule has 1 unspecified atom stereocenters. The lowest BCUT2D eigenvalue weighted by molar-refractivity contribution is -0.180. The summed E-state index contributed by atoms with van der Waals surface area (Å²) in [5, 5.41) is 5.14. The third-order valence-electron chi connectivity index (χ3n) is 9.31. The van der Waals surface area contributed by atoms with E-state index in [0.29, 0.717) is 32.4 Å². The summed E-state index contributed by atoms with van der Waals surface area (Å²) < 4.78 is 12.0. The van der Waals surface area contributed by atoms with Crippen LogP contribution in [0.15, 0.2) is 36.4 Å². The smallest absolute Gasteiger partial charge is 0.343 e. The molecule has 2 aromatic rings. The van der Waals surface area contributed by atoms with Gasteiger partial charge in [-0.1, -0.05) is 24.3 Å². The molecule has 3 fully saturated rings. The Balaban J connectivity index is 1.38. The van der Waals surface area contributed by atoms with Crippen molar-refractivity contribution in [1.82, 2.24) is 25.6 Å². The summed E-state index contributed by atoms with van der Waals surface area (Å²) in [4.78, 5) is 60.8. The molecule has 6 rings (SSSR count). The van der Waals surface area contributed by atoms with Crippen LogP contribution in [0.4, 0.5) is 0 Å². The first-order valence-electron chi connectivity index (χ1n) is 15.7. The molecule has 4 heterocycles. The third kappa shape index (κ3) is 6.08. The highest BCUT2D eigenvalue weighted by atomic mass is 16.6. The first-order valence-corrected chi connectivity index (χ1v) is 15.7. The monoisotopic (exact) mass is 603 g/mol. The molecular weight excluding hydrogens is 562 g/mol. The third-order valence-corrected chi connectivity index (χ3v) is 9.31. The van der Waals surface area contributed by atoms with Crippen LogP contribution >= 0.6 is 0 Å². The number of hydrogen-bond acceptors (Lipinski definition) is 8. The number of nitrogens with zero attached hydrogens (tertiary/aromatic N) is 3. The first-order chi connectivity index (χ1) is 21.1. The molecule has 1 saturated carbocycles. The maximum Gasteiger partial charge on any atom is 0.343 e. The number of pyridine rings is 1. The normalized spacial score (nSPS) is 31.6.